The Morgan fingerprint density at radius 1 is 1.36 bits per heavy atom. The first-order valence-electron chi connectivity index (χ1n) is 4.07. The number of anilines is 1. The van der Waals surface area contributed by atoms with Crippen molar-refractivity contribution in [1.29, 1.82) is 0 Å². The van der Waals surface area contributed by atoms with Crippen LogP contribution in [0.4, 0.5) is 5.69 Å². The lowest BCUT2D eigenvalue weighted by Gasteiger charge is -2.20. The van der Waals surface area contributed by atoms with Crippen LogP contribution in [-0.4, -0.2) is 27.3 Å². The van der Waals surface area contributed by atoms with E-state index in [2.05, 4.69) is 5.32 Å². The summed E-state index contributed by atoms with van der Waals surface area (Å²) in [5.41, 5.74) is 0.623. The second-order valence-corrected chi connectivity index (χ2v) is 3.19. The van der Waals surface area contributed by atoms with Gasteiger partial charge in [-0.3, -0.25) is 0 Å². The number of hydrogen-bond donors (Lipinski definition) is 4. The highest BCUT2D eigenvalue weighted by Crippen LogP contribution is 2.36. The van der Waals surface area contributed by atoms with Crippen LogP contribution in [0.15, 0.2) is 24.3 Å². The molecule has 5 nitrogen and oxygen atoms in total. The summed E-state index contributed by atoms with van der Waals surface area (Å²) < 4.78 is 0. The molecular weight excluding hydrogens is 186 g/mol. The molecule has 1 heterocycles. The van der Waals surface area contributed by atoms with Gasteiger partial charge in [-0.25, -0.2) is 4.79 Å². The largest absolute Gasteiger partial charge is 0.480 e. The Labute approximate surface area is 79.6 Å². The van der Waals surface area contributed by atoms with Gasteiger partial charge in [-0.15, -0.1) is 0 Å². The number of rotatable bonds is 1. The Hall–Kier alpha value is -1.59. The van der Waals surface area contributed by atoms with Gasteiger partial charge in [0.15, 0.2) is 6.04 Å². The predicted octanol–water partition coefficient (Wildman–Crippen LogP) is -0.297. The number of fused-ring (bicyclic) bond motifs is 1. The van der Waals surface area contributed by atoms with E-state index in [0.29, 0.717) is 5.69 Å². The lowest BCUT2D eigenvalue weighted by atomic mass is 10.0. The molecule has 14 heavy (non-hydrogen) atoms. The summed E-state index contributed by atoms with van der Waals surface area (Å²) in [6.07, 6.45) is 0. The quantitative estimate of drug-likeness (QED) is 0.462. The van der Waals surface area contributed by atoms with Gasteiger partial charge in [0.05, 0.1) is 0 Å². The molecule has 0 aliphatic carbocycles. The molecule has 0 spiro atoms. The van der Waals surface area contributed by atoms with E-state index in [-0.39, 0.29) is 5.56 Å². The van der Waals surface area contributed by atoms with Crippen molar-refractivity contribution in [2.24, 2.45) is 0 Å². The number of hydrogen-bond acceptors (Lipinski definition) is 4. The first-order valence-corrected chi connectivity index (χ1v) is 4.07. The molecule has 0 radical (unpaired) electrons. The second-order valence-electron chi connectivity index (χ2n) is 3.19. The smallest absolute Gasteiger partial charge is 0.332 e. The zero-order valence-corrected chi connectivity index (χ0v) is 7.14. The normalized spacial score (nSPS) is 22.6. The summed E-state index contributed by atoms with van der Waals surface area (Å²) in [6, 6.07) is 4.96. The van der Waals surface area contributed by atoms with Gasteiger partial charge in [-0.05, 0) is 6.07 Å². The molecule has 0 bridgehead atoms. The van der Waals surface area contributed by atoms with E-state index in [1.807, 2.05) is 0 Å². The molecule has 0 saturated carbocycles. The van der Waals surface area contributed by atoms with Crippen LogP contribution in [-0.2, 0) is 10.6 Å². The lowest BCUT2D eigenvalue weighted by molar-refractivity contribution is -0.188. The van der Waals surface area contributed by atoms with Crippen molar-refractivity contribution in [1.82, 2.24) is 0 Å². The first-order chi connectivity index (χ1) is 6.53. The lowest BCUT2D eigenvalue weighted by Crippen LogP contribution is -2.44. The number of carbonyl (C=O) groups is 1. The molecule has 1 aromatic rings. The summed E-state index contributed by atoms with van der Waals surface area (Å²) in [4.78, 5) is 10.7. The maximum absolute atomic E-state index is 10.7. The summed E-state index contributed by atoms with van der Waals surface area (Å²) in [6.45, 7) is 0. The van der Waals surface area contributed by atoms with Gasteiger partial charge < -0.3 is 20.6 Å². The third kappa shape index (κ3) is 1.07. The Morgan fingerprint density at radius 3 is 2.57 bits per heavy atom. The molecule has 0 fully saturated rings. The molecular formula is C9H9NO4. The van der Waals surface area contributed by atoms with Gasteiger partial charge in [0.1, 0.15) is 0 Å². The number of nitrogens with one attached hydrogen (secondary N) is 1. The van der Waals surface area contributed by atoms with Crippen LogP contribution in [0.1, 0.15) is 5.56 Å². The van der Waals surface area contributed by atoms with Crippen molar-refractivity contribution in [3.05, 3.63) is 29.8 Å². The van der Waals surface area contributed by atoms with E-state index in [9.17, 15) is 15.0 Å². The van der Waals surface area contributed by atoms with Gasteiger partial charge in [-0.2, -0.15) is 0 Å². The van der Waals surface area contributed by atoms with Crippen molar-refractivity contribution in [3.63, 3.8) is 0 Å². The molecule has 1 atom stereocenters. The fourth-order valence-electron chi connectivity index (χ4n) is 1.58. The summed E-state index contributed by atoms with van der Waals surface area (Å²) in [5.74, 6) is -3.64. The SMILES string of the molecule is O=C(O)C1Nc2ccccc2C1(O)O. The summed E-state index contributed by atoms with van der Waals surface area (Å²) in [5, 5.41) is 30.4. The number of aliphatic hydroxyl groups is 2. The number of aliphatic carboxylic acids is 1. The molecule has 1 unspecified atom stereocenters. The number of benzene rings is 1. The van der Waals surface area contributed by atoms with Crippen LogP contribution in [0.3, 0.4) is 0 Å². The van der Waals surface area contributed by atoms with Gasteiger partial charge in [0.2, 0.25) is 5.79 Å². The zero-order valence-electron chi connectivity index (χ0n) is 7.14. The Balaban J connectivity index is 2.50. The first kappa shape index (κ1) is 8.98. The van der Waals surface area contributed by atoms with Crippen LogP contribution in [0.5, 0.6) is 0 Å². The van der Waals surface area contributed by atoms with Crippen LogP contribution >= 0.6 is 0 Å². The molecule has 1 aromatic carbocycles. The molecule has 0 amide bonds. The van der Waals surface area contributed by atoms with Gasteiger partial charge >= 0.3 is 5.97 Å². The highest BCUT2D eigenvalue weighted by Gasteiger charge is 2.48. The number of carboxylic acid groups (broad SMARTS) is 1. The van der Waals surface area contributed by atoms with E-state index in [4.69, 9.17) is 5.11 Å². The van der Waals surface area contributed by atoms with E-state index in [1.165, 1.54) is 6.07 Å². The van der Waals surface area contributed by atoms with Crippen LogP contribution in [0, 0.1) is 0 Å². The summed E-state index contributed by atoms with van der Waals surface area (Å²) in [7, 11) is 0. The van der Waals surface area contributed by atoms with Gasteiger partial charge in [-0.1, -0.05) is 18.2 Å². The van der Waals surface area contributed by atoms with Crippen molar-refractivity contribution < 1.29 is 20.1 Å². The second kappa shape index (κ2) is 2.70. The zero-order chi connectivity index (χ0) is 10.3. The molecule has 74 valence electrons. The molecule has 0 saturated heterocycles. The van der Waals surface area contributed by atoms with Crippen LogP contribution in [0.25, 0.3) is 0 Å². The number of carboxylic acids is 1. The fraction of sp³-hybridized carbons (Fsp3) is 0.222. The minimum Gasteiger partial charge on any atom is -0.480 e. The third-order valence-corrected chi connectivity index (χ3v) is 2.27. The van der Waals surface area contributed by atoms with E-state index < -0.39 is 17.8 Å². The third-order valence-electron chi connectivity index (χ3n) is 2.27. The van der Waals surface area contributed by atoms with E-state index in [1.54, 1.807) is 18.2 Å². The fourth-order valence-corrected chi connectivity index (χ4v) is 1.58. The van der Waals surface area contributed by atoms with Crippen LogP contribution in [0.2, 0.25) is 0 Å². The van der Waals surface area contributed by atoms with E-state index >= 15 is 0 Å². The van der Waals surface area contributed by atoms with Crippen molar-refractivity contribution >= 4 is 11.7 Å². The van der Waals surface area contributed by atoms with Gasteiger partial charge in [0, 0.05) is 11.3 Å². The maximum Gasteiger partial charge on any atom is 0.332 e. The Bertz CT molecular complexity index is 388. The van der Waals surface area contributed by atoms with E-state index in [0.717, 1.165) is 0 Å². The monoisotopic (exact) mass is 195 g/mol. The molecule has 1 aliphatic rings. The topological polar surface area (TPSA) is 89.8 Å². The average Bonchev–Trinajstić information content (AvgIpc) is 2.39. The van der Waals surface area contributed by atoms with Gasteiger partial charge in [0.25, 0.3) is 0 Å². The molecule has 2 rings (SSSR count). The Kier molecular flexibility index (Phi) is 1.73. The number of para-hydroxylation sites is 1. The maximum atomic E-state index is 10.7. The minimum atomic E-state index is -2.34. The average molecular weight is 195 g/mol. The molecule has 5 heteroatoms. The van der Waals surface area contributed by atoms with Crippen molar-refractivity contribution in [2.45, 2.75) is 11.8 Å². The molecule has 0 aromatic heterocycles. The predicted molar refractivity (Wildman–Crippen MR) is 47.6 cm³/mol. The highest BCUT2D eigenvalue weighted by molar-refractivity contribution is 5.83. The van der Waals surface area contributed by atoms with Crippen LogP contribution < -0.4 is 5.32 Å². The molecule has 1 aliphatic heterocycles. The highest BCUT2D eigenvalue weighted by atomic mass is 16.5. The standard InChI is InChI=1S/C9H9NO4/c11-8(12)7-9(13,14)5-3-1-2-4-6(5)10-7/h1-4,7,10,13-14H,(H,11,12). The Morgan fingerprint density at radius 2 is 2.00 bits per heavy atom. The molecule has 4 N–H and O–H groups in total. The minimum absolute atomic E-state index is 0.187. The van der Waals surface area contributed by atoms with Crippen molar-refractivity contribution in [3.8, 4) is 0 Å². The summed E-state index contributed by atoms with van der Waals surface area (Å²) >= 11 is 0. The van der Waals surface area contributed by atoms with Crippen molar-refractivity contribution in [2.75, 3.05) is 5.32 Å².